The number of amides is 1. The van der Waals surface area contributed by atoms with Gasteiger partial charge in [0.05, 0.1) is 5.69 Å². The summed E-state index contributed by atoms with van der Waals surface area (Å²) in [6.07, 6.45) is 5.58. The quantitative estimate of drug-likeness (QED) is 0.567. The Hall–Kier alpha value is -1.41. The predicted molar refractivity (Wildman–Crippen MR) is 50.4 cm³/mol. The maximum atomic E-state index is 11.4. The number of aryl methyl sites for hydroxylation is 1. The average molecular weight is 195 g/mol. The summed E-state index contributed by atoms with van der Waals surface area (Å²) in [7, 11) is 0. The van der Waals surface area contributed by atoms with Gasteiger partial charge in [-0.3, -0.25) is 4.79 Å². The Kier molecular flexibility index (Phi) is 3.41. The van der Waals surface area contributed by atoms with Crippen LogP contribution in [0.25, 0.3) is 0 Å². The molecular formula is C8H9N3OS. The minimum atomic E-state index is -0.150. The van der Waals surface area contributed by atoms with Crippen LogP contribution in [0.2, 0.25) is 0 Å². The Balaban J connectivity index is 2.50. The van der Waals surface area contributed by atoms with Crippen LogP contribution in [-0.4, -0.2) is 22.0 Å². The fourth-order valence-electron chi connectivity index (χ4n) is 0.768. The number of hydrogen-bond acceptors (Lipinski definition) is 4. The SMILES string of the molecule is C#CCCNC(=O)c1snnc1C. The molecule has 1 amide bonds. The molecule has 1 N–H and O–H groups in total. The first-order valence-corrected chi connectivity index (χ1v) is 4.53. The zero-order valence-electron chi connectivity index (χ0n) is 7.20. The summed E-state index contributed by atoms with van der Waals surface area (Å²) in [5.74, 6) is 2.29. The molecule has 0 aromatic carbocycles. The number of rotatable bonds is 3. The Morgan fingerprint density at radius 3 is 3.08 bits per heavy atom. The van der Waals surface area contributed by atoms with E-state index in [9.17, 15) is 4.79 Å². The van der Waals surface area contributed by atoms with Gasteiger partial charge in [-0.25, -0.2) is 0 Å². The smallest absolute Gasteiger partial charge is 0.264 e. The van der Waals surface area contributed by atoms with Gasteiger partial charge >= 0.3 is 0 Å². The fraction of sp³-hybridized carbons (Fsp3) is 0.375. The maximum absolute atomic E-state index is 11.4. The lowest BCUT2D eigenvalue weighted by Crippen LogP contribution is -2.23. The molecule has 0 fully saturated rings. The Bertz CT molecular complexity index is 339. The van der Waals surface area contributed by atoms with Gasteiger partial charge in [0.25, 0.3) is 5.91 Å². The lowest BCUT2D eigenvalue weighted by Gasteiger charge is -1.99. The predicted octanol–water partition coefficient (Wildman–Crippen LogP) is 0.600. The molecule has 0 spiro atoms. The van der Waals surface area contributed by atoms with Gasteiger partial charge in [-0.15, -0.1) is 17.4 Å². The second-order valence-electron chi connectivity index (χ2n) is 2.40. The van der Waals surface area contributed by atoms with Crippen molar-refractivity contribution in [2.45, 2.75) is 13.3 Å². The van der Waals surface area contributed by atoms with E-state index in [0.717, 1.165) is 11.5 Å². The van der Waals surface area contributed by atoms with E-state index in [0.29, 0.717) is 23.5 Å². The minimum Gasteiger partial charge on any atom is -0.350 e. The van der Waals surface area contributed by atoms with Crippen LogP contribution in [0.3, 0.4) is 0 Å². The monoisotopic (exact) mass is 195 g/mol. The molecule has 0 atom stereocenters. The van der Waals surface area contributed by atoms with E-state index in [4.69, 9.17) is 6.42 Å². The normalized spacial score (nSPS) is 9.23. The molecule has 1 aromatic heterocycles. The van der Waals surface area contributed by atoms with Crippen LogP contribution in [-0.2, 0) is 0 Å². The van der Waals surface area contributed by atoms with Crippen LogP contribution in [0, 0.1) is 19.3 Å². The van der Waals surface area contributed by atoms with E-state index in [2.05, 4.69) is 20.8 Å². The highest BCUT2D eigenvalue weighted by atomic mass is 32.1. The van der Waals surface area contributed by atoms with Crippen molar-refractivity contribution >= 4 is 17.4 Å². The van der Waals surface area contributed by atoms with Crippen LogP contribution in [0.4, 0.5) is 0 Å². The molecule has 1 heterocycles. The van der Waals surface area contributed by atoms with Crippen molar-refractivity contribution in [2.75, 3.05) is 6.54 Å². The Labute approximate surface area is 80.5 Å². The molecule has 1 rings (SSSR count). The lowest BCUT2D eigenvalue weighted by atomic mass is 10.3. The second kappa shape index (κ2) is 4.58. The number of nitrogens with zero attached hydrogens (tertiary/aromatic N) is 2. The van der Waals surface area contributed by atoms with Crippen LogP contribution in [0.15, 0.2) is 0 Å². The zero-order valence-corrected chi connectivity index (χ0v) is 8.02. The first kappa shape index (κ1) is 9.68. The van der Waals surface area contributed by atoms with Gasteiger partial charge in [-0.1, -0.05) is 4.49 Å². The average Bonchev–Trinajstić information content (AvgIpc) is 2.52. The van der Waals surface area contributed by atoms with E-state index in [1.54, 1.807) is 6.92 Å². The molecule has 0 aliphatic rings. The van der Waals surface area contributed by atoms with Gasteiger partial charge < -0.3 is 5.32 Å². The van der Waals surface area contributed by atoms with E-state index in [-0.39, 0.29) is 5.91 Å². The highest BCUT2D eigenvalue weighted by molar-refractivity contribution is 7.07. The van der Waals surface area contributed by atoms with E-state index in [1.165, 1.54) is 0 Å². The molecule has 5 heteroatoms. The Morgan fingerprint density at radius 2 is 2.54 bits per heavy atom. The van der Waals surface area contributed by atoms with Crippen molar-refractivity contribution in [2.24, 2.45) is 0 Å². The van der Waals surface area contributed by atoms with Crippen molar-refractivity contribution < 1.29 is 4.79 Å². The molecule has 13 heavy (non-hydrogen) atoms. The van der Waals surface area contributed by atoms with E-state index in [1.807, 2.05) is 0 Å². The maximum Gasteiger partial charge on any atom is 0.264 e. The highest BCUT2D eigenvalue weighted by Gasteiger charge is 2.11. The Morgan fingerprint density at radius 1 is 1.77 bits per heavy atom. The second-order valence-corrected chi connectivity index (χ2v) is 3.15. The van der Waals surface area contributed by atoms with Crippen molar-refractivity contribution in [1.82, 2.24) is 14.9 Å². The first-order chi connectivity index (χ1) is 6.25. The van der Waals surface area contributed by atoms with Gasteiger partial charge in [-0.2, -0.15) is 0 Å². The number of carbonyl (C=O) groups is 1. The minimum absolute atomic E-state index is 0.150. The summed E-state index contributed by atoms with van der Waals surface area (Å²) < 4.78 is 3.66. The van der Waals surface area contributed by atoms with Crippen LogP contribution >= 0.6 is 11.5 Å². The molecule has 0 saturated heterocycles. The molecule has 0 bridgehead atoms. The van der Waals surface area contributed by atoms with Gasteiger partial charge in [-0.05, 0) is 18.5 Å². The number of terminal acetylenes is 1. The van der Waals surface area contributed by atoms with Crippen LogP contribution in [0.1, 0.15) is 21.8 Å². The first-order valence-electron chi connectivity index (χ1n) is 3.76. The molecule has 0 unspecified atom stereocenters. The summed E-state index contributed by atoms with van der Waals surface area (Å²) in [6, 6.07) is 0. The van der Waals surface area contributed by atoms with Gasteiger partial charge in [0, 0.05) is 13.0 Å². The molecule has 0 aliphatic heterocycles. The summed E-state index contributed by atoms with van der Waals surface area (Å²) >= 11 is 1.09. The van der Waals surface area contributed by atoms with E-state index < -0.39 is 0 Å². The molecule has 1 aromatic rings. The van der Waals surface area contributed by atoms with Crippen LogP contribution in [0.5, 0.6) is 0 Å². The number of nitrogens with one attached hydrogen (secondary N) is 1. The van der Waals surface area contributed by atoms with Crippen molar-refractivity contribution in [3.05, 3.63) is 10.6 Å². The topological polar surface area (TPSA) is 54.9 Å². The molecule has 0 saturated carbocycles. The molecule has 4 nitrogen and oxygen atoms in total. The third-order valence-electron chi connectivity index (χ3n) is 1.41. The third kappa shape index (κ3) is 2.53. The van der Waals surface area contributed by atoms with Crippen molar-refractivity contribution in [1.29, 1.82) is 0 Å². The third-order valence-corrected chi connectivity index (χ3v) is 2.24. The molecule has 0 aliphatic carbocycles. The largest absolute Gasteiger partial charge is 0.350 e. The summed E-state index contributed by atoms with van der Waals surface area (Å²) in [5.41, 5.74) is 0.656. The van der Waals surface area contributed by atoms with E-state index >= 15 is 0 Å². The summed E-state index contributed by atoms with van der Waals surface area (Å²) in [5, 5.41) is 6.41. The summed E-state index contributed by atoms with van der Waals surface area (Å²) in [6.45, 7) is 2.24. The van der Waals surface area contributed by atoms with Crippen molar-refractivity contribution in [3.8, 4) is 12.3 Å². The van der Waals surface area contributed by atoms with Gasteiger partial charge in [0.1, 0.15) is 4.88 Å². The van der Waals surface area contributed by atoms with Gasteiger partial charge in [0.15, 0.2) is 0 Å². The lowest BCUT2D eigenvalue weighted by molar-refractivity contribution is 0.0958. The van der Waals surface area contributed by atoms with Crippen LogP contribution < -0.4 is 5.32 Å². The summed E-state index contributed by atoms with van der Waals surface area (Å²) in [4.78, 5) is 11.9. The highest BCUT2D eigenvalue weighted by Crippen LogP contribution is 2.07. The number of carbonyl (C=O) groups excluding carboxylic acids is 1. The standard InChI is InChI=1S/C8H9N3OS/c1-3-4-5-9-8(12)7-6(2)10-11-13-7/h1H,4-5H2,2H3,(H,9,12). The molecule has 68 valence electrons. The van der Waals surface area contributed by atoms with Gasteiger partial charge in [0.2, 0.25) is 0 Å². The zero-order chi connectivity index (χ0) is 9.68. The molecule has 0 radical (unpaired) electrons. The fourth-order valence-corrected chi connectivity index (χ4v) is 1.34. The molecular weight excluding hydrogens is 186 g/mol. The number of hydrogen-bond donors (Lipinski definition) is 1. The van der Waals surface area contributed by atoms with Crippen molar-refractivity contribution in [3.63, 3.8) is 0 Å². The number of aromatic nitrogens is 2.